The van der Waals surface area contributed by atoms with Gasteiger partial charge in [-0.2, -0.15) is 0 Å². The van der Waals surface area contributed by atoms with E-state index in [-0.39, 0.29) is 11.9 Å². The largest absolute Gasteiger partial charge is 0.441 e. The number of carbonyl (C=O) groups excluding carboxylic acids is 1. The lowest BCUT2D eigenvalue weighted by atomic mass is 10.2. The second kappa shape index (κ2) is 5.01. The van der Waals surface area contributed by atoms with Crippen LogP contribution in [0.2, 0.25) is 0 Å². The SMILES string of the molecule is Cc1nc2cc(CNC(=O)C3CCCN3)ccc2o1. The van der Waals surface area contributed by atoms with Crippen molar-refractivity contribution < 1.29 is 9.21 Å². The first-order valence-electron chi connectivity index (χ1n) is 6.59. The van der Waals surface area contributed by atoms with Gasteiger partial charge in [0, 0.05) is 13.5 Å². The molecule has 1 aliphatic heterocycles. The van der Waals surface area contributed by atoms with Crippen molar-refractivity contribution in [3.63, 3.8) is 0 Å². The van der Waals surface area contributed by atoms with E-state index >= 15 is 0 Å². The van der Waals surface area contributed by atoms with Gasteiger partial charge in [-0.05, 0) is 37.1 Å². The number of carbonyl (C=O) groups is 1. The monoisotopic (exact) mass is 259 g/mol. The zero-order valence-electron chi connectivity index (χ0n) is 10.9. The smallest absolute Gasteiger partial charge is 0.237 e. The van der Waals surface area contributed by atoms with Crippen molar-refractivity contribution in [3.8, 4) is 0 Å². The molecule has 2 N–H and O–H groups in total. The molecule has 0 spiro atoms. The molecule has 1 aromatic carbocycles. The van der Waals surface area contributed by atoms with Gasteiger partial charge >= 0.3 is 0 Å². The molecular formula is C14H17N3O2. The van der Waals surface area contributed by atoms with Gasteiger partial charge < -0.3 is 15.1 Å². The van der Waals surface area contributed by atoms with Crippen LogP contribution < -0.4 is 10.6 Å². The Morgan fingerprint density at radius 2 is 2.47 bits per heavy atom. The fraction of sp³-hybridized carbons (Fsp3) is 0.429. The lowest BCUT2D eigenvalue weighted by Crippen LogP contribution is -2.39. The fourth-order valence-electron chi connectivity index (χ4n) is 2.42. The standard InChI is InChI=1S/C14H17N3O2/c1-9-17-12-7-10(4-5-13(12)19-9)8-16-14(18)11-3-2-6-15-11/h4-5,7,11,15H,2-3,6,8H2,1H3,(H,16,18). The molecule has 3 rings (SSSR count). The zero-order valence-corrected chi connectivity index (χ0v) is 10.9. The summed E-state index contributed by atoms with van der Waals surface area (Å²) >= 11 is 0. The Bertz CT molecular complexity index is 600. The quantitative estimate of drug-likeness (QED) is 0.876. The van der Waals surface area contributed by atoms with E-state index in [0.717, 1.165) is 36.0 Å². The van der Waals surface area contributed by atoms with E-state index in [9.17, 15) is 4.79 Å². The average Bonchev–Trinajstić information content (AvgIpc) is 3.03. The molecule has 2 aromatic rings. The third-order valence-corrected chi connectivity index (χ3v) is 3.40. The summed E-state index contributed by atoms with van der Waals surface area (Å²) < 4.78 is 5.42. The number of nitrogens with one attached hydrogen (secondary N) is 2. The molecule has 0 radical (unpaired) electrons. The van der Waals surface area contributed by atoms with Crippen LogP contribution in [0, 0.1) is 6.92 Å². The van der Waals surface area contributed by atoms with E-state index in [1.807, 2.05) is 25.1 Å². The first-order chi connectivity index (χ1) is 9.22. The summed E-state index contributed by atoms with van der Waals surface area (Å²) in [6, 6.07) is 5.77. The van der Waals surface area contributed by atoms with Gasteiger partial charge in [0.15, 0.2) is 11.5 Å². The highest BCUT2D eigenvalue weighted by atomic mass is 16.3. The molecule has 5 heteroatoms. The minimum atomic E-state index is -0.0296. The predicted octanol–water partition coefficient (Wildman–Crippen LogP) is 1.50. The molecule has 0 bridgehead atoms. The third kappa shape index (κ3) is 2.61. The van der Waals surface area contributed by atoms with E-state index in [4.69, 9.17) is 4.42 Å². The van der Waals surface area contributed by atoms with Crippen LogP contribution in [0.5, 0.6) is 0 Å². The van der Waals surface area contributed by atoms with Crippen LogP contribution >= 0.6 is 0 Å². The number of benzene rings is 1. The number of amides is 1. The van der Waals surface area contributed by atoms with Gasteiger partial charge in [-0.25, -0.2) is 4.98 Å². The van der Waals surface area contributed by atoms with Gasteiger partial charge in [-0.3, -0.25) is 4.79 Å². The summed E-state index contributed by atoms with van der Waals surface area (Å²) in [6.07, 6.45) is 2.00. The minimum absolute atomic E-state index is 0.0296. The predicted molar refractivity (Wildman–Crippen MR) is 71.6 cm³/mol. The normalized spacial score (nSPS) is 18.9. The molecule has 1 atom stereocenters. The summed E-state index contributed by atoms with van der Waals surface area (Å²) in [7, 11) is 0. The maximum Gasteiger partial charge on any atom is 0.237 e. The Morgan fingerprint density at radius 1 is 1.58 bits per heavy atom. The van der Waals surface area contributed by atoms with Crippen molar-refractivity contribution >= 4 is 17.0 Å². The van der Waals surface area contributed by atoms with Gasteiger partial charge in [-0.1, -0.05) is 6.07 Å². The minimum Gasteiger partial charge on any atom is -0.441 e. The van der Waals surface area contributed by atoms with Crippen molar-refractivity contribution in [1.29, 1.82) is 0 Å². The van der Waals surface area contributed by atoms with Gasteiger partial charge in [0.2, 0.25) is 5.91 Å². The Morgan fingerprint density at radius 3 is 3.26 bits per heavy atom. The highest BCUT2D eigenvalue weighted by Gasteiger charge is 2.21. The molecule has 1 amide bonds. The van der Waals surface area contributed by atoms with Gasteiger partial charge in [-0.15, -0.1) is 0 Å². The second-order valence-corrected chi connectivity index (χ2v) is 4.90. The lowest BCUT2D eigenvalue weighted by Gasteiger charge is -2.10. The number of hydrogen-bond acceptors (Lipinski definition) is 4. The number of aryl methyl sites for hydroxylation is 1. The average molecular weight is 259 g/mol. The zero-order chi connectivity index (χ0) is 13.2. The second-order valence-electron chi connectivity index (χ2n) is 4.90. The maximum absolute atomic E-state index is 11.9. The van der Waals surface area contributed by atoms with Crippen molar-refractivity contribution in [2.24, 2.45) is 0 Å². The van der Waals surface area contributed by atoms with Crippen LogP contribution in [0.25, 0.3) is 11.1 Å². The van der Waals surface area contributed by atoms with E-state index in [1.54, 1.807) is 0 Å². The first kappa shape index (κ1) is 12.2. The van der Waals surface area contributed by atoms with Crippen LogP contribution in [0.3, 0.4) is 0 Å². The van der Waals surface area contributed by atoms with Crippen LogP contribution in [0.15, 0.2) is 22.6 Å². The van der Waals surface area contributed by atoms with Crippen molar-refractivity contribution in [3.05, 3.63) is 29.7 Å². The molecule has 100 valence electrons. The van der Waals surface area contributed by atoms with E-state index in [1.165, 1.54) is 0 Å². The molecule has 0 saturated carbocycles. The molecule has 1 unspecified atom stereocenters. The number of hydrogen-bond donors (Lipinski definition) is 2. The Labute approximate surface area is 111 Å². The molecule has 1 aromatic heterocycles. The molecule has 0 aliphatic carbocycles. The molecule has 19 heavy (non-hydrogen) atoms. The van der Waals surface area contributed by atoms with E-state index in [2.05, 4.69) is 15.6 Å². The van der Waals surface area contributed by atoms with E-state index < -0.39 is 0 Å². The highest BCUT2D eigenvalue weighted by Crippen LogP contribution is 2.16. The van der Waals surface area contributed by atoms with Crippen LogP contribution in [0.1, 0.15) is 24.3 Å². The summed E-state index contributed by atoms with van der Waals surface area (Å²) in [5, 5.41) is 6.14. The van der Waals surface area contributed by atoms with Gasteiger partial charge in [0.1, 0.15) is 5.52 Å². The molecule has 1 saturated heterocycles. The molecule has 2 heterocycles. The summed E-state index contributed by atoms with van der Waals surface area (Å²) in [4.78, 5) is 16.2. The van der Waals surface area contributed by atoms with Crippen LogP contribution in [-0.4, -0.2) is 23.5 Å². The Kier molecular flexibility index (Phi) is 3.21. The number of fused-ring (bicyclic) bond motifs is 1. The maximum atomic E-state index is 11.9. The topological polar surface area (TPSA) is 67.2 Å². The van der Waals surface area contributed by atoms with Gasteiger partial charge in [0.25, 0.3) is 0 Å². The highest BCUT2D eigenvalue weighted by molar-refractivity contribution is 5.82. The molecule has 1 fully saturated rings. The lowest BCUT2D eigenvalue weighted by molar-refractivity contribution is -0.122. The summed E-state index contributed by atoms with van der Waals surface area (Å²) in [5.74, 6) is 0.736. The Hall–Kier alpha value is -1.88. The van der Waals surface area contributed by atoms with Crippen molar-refractivity contribution in [2.75, 3.05) is 6.54 Å². The third-order valence-electron chi connectivity index (χ3n) is 3.40. The molecular weight excluding hydrogens is 242 g/mol. The van der Waals surface area contributed by atoms with Crippen molar-refractivity contribution in [1.82, 2.24) is 15.6 Å². The Balaban J connectivity index is 1.65. The van der Waals surface area contributed by atoms with Gasteiger partial charge in [0.05, 0.1) is 6.04 Å². The molecule has 5 nitrogen and oxygen atoms in total. The van der Waals surface area contributed by atoms with Crippen LogP contribution in [-0.2, 0) is 11.3 Å². The van der Waals surface area contributed by atoms with E-state index in [0.29, 0.717) is 12.4 Å². The number of aromatic nitrogens is 1. The fourth-order valence-corrected chi connectivity index (χ4v) is 2.42. The van der Waals surface area contributed by atoms with Crippen molar-refractivity contribution in [2.45, 2.75) is 32.4 Å². The first-order valence-corrected chi connectivity index (χ1v) is 6.59. The number of rotatable bonds is 3. The summed E-state index contributed by atoms with van der Waals surface area (Å²) in [6.45, 7) is 3.29. The molecule has 1 aliphatic rings. The number of nitrogens with zero attached hydrogens (tertiary/aromatic N) is 1. The number of oxazole rings is 1. The van der Waals surface area contributed by atoms with Crippen LogP contribution in [0.4, 0.5) is 0 Å². The summed E-state index contributed by atoms with van der Waals surface area (Å²) in [5.41, 5.74) is 2.65.